The number of hydrogen-bond donors (Lipinski definition) is 2. The molecule has 0 fully saturated rings. The number of nitrogens with two attached hydrogens (primary N) is 2. The first-order chi connectivity index (χ1) is 8.40. The van der Waals surface area contributed by atoms with Crippen molar-refractivity contribution in [2.75, 3.05) is 0 Å². The molecule has 0 saturated carbocycles. The normalized spacial score (nSPS) is 13.4. The zero-order valence-corrected chi connectivity index (χ0v) is 10.3. The minimum Gasteiger partial charge on any atom is -0.481 e. The van der Waals surface area contributed by atoms with Gasteiger partial charge in [-0.3, -0.25) is 9.59 Å². The number of benzene rings is 1. The van der Waals surface area contributed by atoms with E-state index in [0.29, 0.717) is 11.5 Å². The van der Waals surface area contributed by atoms with Crippen LogP contribution in [0.2, 0.25) is 0 Å². The Morgan fingerprint density at radius 2 is 1.17 bits per heavy atom. The third-order valence-electron chi connectivity index (χ3n) is 2.25. The Balaban J connectivity index is 2.63. The highest BCUT2D eigenvalue weighted by Crippen LogP contribution is 2.19. The molecule has 18 heavy (non-hydrogen) atoms. The van der Waals surface area contributed by atoms with Crippen molar-refractivity contribution in [3.05, 3.63) is 24.3 Å². The van der Waals surface area contributed by atoms with Crippen molar-refractivity contribution in [2.24, 2.45) is 11.5 Å². The maximum atomic E-state index is 10.8. The molecule has 2 atom stereocenters. The van der Waals surface area contributed by atoms with Crippen LogP contribution in [0.4, 0.5) is 0 Å². The predicted molar refractivity (Wildman–Crippen MR) is 65.0 cm³/mol. The molecule has 6 nitrogen and oxygen atoms in total. The molecule has 1 aromatic rings. The Labute approximate surface area is 105 Å². The molecule has 2 unspecified atom stereocenters. The average molecular weight is 252 g/mol. The lowest BCUT2D eigenvalue weighted by Crippen LogP contribution is -2.31. The molecule has 1 rings (SSSR count). The number of carbonyl (C=O) groups is 2. The van der Waals surface area contributed by atoms with Crippen LogP contribution in [0.3, 0.4) is 0 Å². The van der Waals surface area contributed by atoms with Crippen LogP contribution in [0, 0.1) is 0 Å². The smallest absolute Gasteiger partial charge is 0.258 e. The topological polar surface area (TPSA) is 105 Å². The summed E-state index contributed by atoms with van der Waals surface area (Å²) in [6.07, 6.45) is -1.41. The summed E-state index contributed by atoms with van der Waals surface area (Å²) in [5.41, 5.74) is 10.1. The van der Waals surface area contributed by atoms with Crippen LogP contribution in [0.5, 0.6) is 11.5 Å². The maximum Gasteiger partial charge on any atom is 0.258 e. The van der Waals surface area contributed by atoms with Gasteiger partial charge in [-0.2, -0.15) is 0 Å². The van der Waals surface area contributed by atoms with E-state index in [-0.39, 0.29) is 0 Å². The Morgan fingerprint density at radius 3 is 1.39 bits per heavy atom. The van der Waals surface area contributed by atoms with Gasteiger partial charge in [0, 0.05) is 0 Å². The van der Waals surface area contributed by atoms with Crippen molar-refractivity contribution in [1.29, 1.82) is 0 Å². The standard InChI is InChI=1S/C12H16N2O4/c1-7(11(13)15)17-9-3-5-10(6-4-9)18-8(2)12(14)16/h3-8H,1-2H3,(H2,13,15)(H2,14,16). The zero-order chi connectivity index (χ0) is 13.7. The van der Waals surface area contributed by atoms with Crippen LogP contribution in [0.1, 0.15) is 13.8 Å². The van der Waals surface area contributed by atoms with Crippen molar-refractivity contribution < 1.29 is 19.1 Å². The van der Waals surface area contributed by atoms with Gasteiger partial charge in [-0.05, 0) is 38.1 Å². The fourth-order valence-electron chi connectivity index (χ4n) is 1.12. The molecular weight excluding hydrogens is 236 g/mol. The van der Waals surface area contributed by atoms with Crippen LogP contribution in [0.15, 0.2) is 24.3 Å². The van der Waals surface area contributed by atoms with Crippen LogP contribution < -0.4 is 20.9 Å². The van der Waals surface area contributed by atoms with E-state index in [9.17, 15) is 9.59 Å². The van der Waals surface area contributed by atoms with Gasteiger partial charge in [0.25, 0.3) is 11.8 Å². The molecule has 98 valence electrons. The zero-order valence-electron chi connectivity index (χ0n) is 10.3. The lowest BCUT2D eigenvalue weighted by molar-refractivity contribution is -0.124. The Bertz CT molecular complexity index is 389. The van der Waals surface area contributed by atoms with Gasteiger partial charge in [0.1, 0.15) is 11.5 Å². The van der Waals surface area contributed by atoms with E-state index in [2.05, 4.69) is 0 Å². The molecule has 0 radical (unpaired) electrons. The molecule has 2 amide bonds. The Morgan fingerprint density at radius 1 is 0.889 bits per heavy atom. The minimum atomic E-state index is -0.707. The largest absolute Gasteiger partial charge is 0.481 e. The number of primary amides is 2. The third-order valence-corrected chi connectivity index (χ3v) is 2.25. The van der Waals surface area contributed by atoms with E-state index in [0.717, 1.165) is 0 Å². The van der Waals surface area contributed by atoms with Gasteiger partial charge in [-0.25, -0.2) is 0 Å². The van der Waals surface area contributed by atoms with E-state index >= 15 is 0 Å². The van der Waals surface area contributed by atoms with Crippen molar-refractivity contribution in [3.8, 4) is 11.5 Å². The summed E-state index contributed by atoms with van der Waals surface area (Å²) in [6.45, 7) is 3.11. The van der Waals surface area contributed by atoms with Gasteiger partial charge >= 0.3 is 0 Å². The molecule has 0 bridgehead atoms. The summed E-state index contributed by atoms with van der Waals surface area (Å²) in [6, 6.07) is 6.45. The fraction of sp³-hybridized carbons (Fsp3) is 0.333. The summed E-state index contributed by atoms with van der Waals surface area (Å²) in [7, 11) is 0. The first-order valence-corrected chi connectivity index (χ1v) is 5.42. The van der Waals surface area contributed by atoms with Gasteiger partial charge in [-0.15, -0.1) is 0 Å². The van der Waals surface area contributed by atoms with Gasteiger partial charge in [0.15, 0.2) is 12.2 Å². The second-order valence-electron chi connectivity index (χ2n) is 3.80. The van der Waals surface area contributed by atoms with Crippen molar-refractivity contribution >= 4 is 11.8 Å². The quantitative estimate of drug-likeness (QED) is 0.754. The monoisotopic (exact) mass is 252 g/mol. The van der Waals surface area contributed by atoms with Gasteiger partial charge < -0.3 is 20.9 Å². The van der Waals surface area contributed by atoms with Gasteiger partial charge in [-0.1, -0.05) is 0 Å². The maximum absolute atomic E-state index is 10.8. The van der Waals surface area contributed by atoms with Crippen molar-refractivity contribution in [1.82, 2.24) is 0 Å². The highest BCUT2D eigenvalue weighted by molar-refractivity contribution is 5.79. The van der Waals surface area contributed by atoms with E-state index in [1.165, 1.54) is 0 Å². The molecule has 0 aliphatic heterocycles. The molecule has 0 aliphatic rings. The summed E-state index contributed by atoms with van der Waals surface area (Å²) < 4.78 is 10.5. The van der Waals surface area contributed by atoms with E-state index in [1.807, 2.05) is 0 Å². The van der Waals surface area contributed by atoms with Crippen LogP contribution >= 0.6 is 0 Å². The first-order valence-electron chi connectivity index (χ1n) is 5.42. The van der Waals surface area contributed by atoms with Gasteiger partial charge in [0.05, 0.1) is 0 Å². The predicted octanol–water partition coefficient (Wildman–Crippen LogP) is 0.192. The lowest BCUT2D eigenvalue weighted by Gasteiger charge is -2.13. The summed E-state index contributed by atoms with van der Waals surface area (Å²) >= 11 is 0. The summed E-state index contributed by atoms with van der Waals surface area (Å²) in [5.74, 6) is -0.115. The molecule has 0 aromatic heterocycles. The van der Waals surface area contributed by atoms with Crippen LogP contribution in [-0.4, -0.2) is 24.0 Å². The molecule has 6 heteroatoms. The molecule has 0 heterocycles. The van der Waals surface area contributed by atoms with Crippen LogP contribution in [-0.2, 0) is 9.59 Å². The van der Waals surface area contributed by atoms with E-state index in [1.54, 1.807) is 38.1 Å². The molecule has 1 aromatic carbocycles. The fourth-order valence-corrected chi connectivity index (χ4v) is 1.12. The van der Waals surface area contributed by atoms with E-state index < -0.39 is 24.0 Å². The summed E-state index contributed by atoms with van der Waals surface area (Å²) in [4.78, 5) is 21.6. The second-order valence-corrected chi connectivity index (χ2v) is 3.80. The van der Waals surface area contributed by atoms with Gasteiger partial charge in [0.2, 0.25) is 0 Å². The molecule has 0 aliphatic carbocycles. The number of rotatable bonds is 6. The van der Waals surface area contributed by atoms with Crippen molar-refractivity contribution in [2.45, 2.75) is 26.1 Å². The molecule has 4 N–H and O–H groups in total. The molecular formula is C12H16N2O4. The average Bonchev–Trinajstić information content (AvgIpc) is 2.31. The molecule has 0 saturated heterocycles. The Hall–Kier alpha value is -2.24. The highest BCUT2D eigenvalue weighted by atomic mass is 16.5. The number of amides is 2. The summed E-state index contributed by atoms with van der Waals surface area (Å²) in [5, 5.41) is 0. The highest BCUT2D eigenvalue weighted by Gasteiger charge is 2.12. The molecule has 0 spiro atoms. The first kappa shape index (κ1) is 13.8. The Kier molecular flexibility index (Phi) is 4.53. The second kappa shape index (κ2) is 5.90. The number of ether oxygens (including phenoxy) is 2. The number of carbonyl (C=O) groups excluding carboxylic acids is 2. The van der Waals surface area contributed by atoms with E-state index in [4.69, 9.17) is 20.9 Å². The SMILES string of the molecule is CC(Oc1ccc(OC(C)C(N)=O)cc1)C(N)=O. The third kappa shape index (κ3) is 3.97. The van der Waals surface area contributed by atoms with Crippen molar-refractivity contribution in [3.63, 3.8) is 0 Å². The lowest BCUT2D eigenvalue weighted by atomic mass is 10.3. The number of hydrogen-bond acceptors (Lipinski definition) is 4. The van der Waals surface area contributed by atoms with Crippen LogP contribution in [0.25, 0.3) is 0 Å². The minimum absolute atomic E-state index is 0.486.